The maximum absolute atomic E-state index is 15.4. The predicted octanol–water partition coefficient (Wildman–Crippen LogP) is 4.49. The number of anilines is 2. The Bertz CT molecular complexity index is 2180. The van der Waals surface area contributed by atoms with Gasteiger partial charge in [-0.25, -0.2) is 4.90 Å². The fourth-order valence-electron chi connectivity index (χ4n) is 9.21. The summed E-state index contributed by atoms with van der Waals surface area (Å²) in [6.45, 7) is 2.06. The van der Waals surface area contributed by atoms with Gasteiger partial charge >= 0.3 is 7.12 Å². The van der Waals surface area contributed by atoms with Crippen LogP contribution in [0.2, 0.25) is 5.02 Å². The number of carbonyl (C=O) groups excluding carboxylic acids is 4. The monoisotopic (exact) mass is 716 g/mol. The van der Waals surface area contributed by atoms with Crippen molar-refractivity contribution in [3.05, 3.63) is 125 Å². The van der Waals surface area contributed by atoms with Gasteiger partial charge in [-0.15, -0.1) is 0 Å². The van der Waals surface area contributed by atoms with Crippen LogP contribution in [0.5, 0.6) is 11.5 Å². The molecule has 52 heavy (non-hydrogen) atoms. The lowest BCUT2D eigenvalue weighted by Gasteiger charge is -2.50. The number of phenolic OH excluding ortho intramolecular Hbond substituents is 1. The molecule has 6 atom stereocenters. The summed E-state index contributed by atoms with van der Waals surface area (Å²) in [6, 6.07) is 26.7. The molecule has 0 aromatic heterocycles. The molecule has 4 aromatic carbocycles. The second kappa shape index (κ2) is 12.8. The molecule has 12 heteroatoms. The van der Waals surface area contributed by atoms with Crippen LogP contribution < -0.4 is 20.0 Å². The first-order valence-corrected chi connectivity index (χ1v) is 17.6. The number of para-hydroxylation sites is 1. The fourth-order valence-corrected chi connectivity index (χ4v) is 9.40. The lowest BCUT2D eigenvalue weighted by Crippen LogP contribution is -2.53. The highest BCUT2D eigenvalue weighted by molar-refractivity contribution is 6.58. The summed E-state index contributed by atoms with van der Waals surface area (Å²) in [7, 11) is -1.80. The topological polar surface area (TPSA) is 145 Å². The summed E-state index contributed by atoms with van der Waals surface area (Å²) in [5, 5.41) is 31.9. The molecule has 3 fully saturated rings. The lowest BCUT2D eigenvalue weighted by atomic mass is 9.49. The average Bonchev–Trinajstić information content (AvgIpc) is 3.53. The molecule has 4 aliphatic rings. The number of phenols is 1. The zero-order valence-corrected chi connectivity index (χ0v) is 28.8. The van der Waals surface area contributed by atoms with E-state index < -0.39 is 65.8 Å². The Morgan fingerprint density at radius 3 is 2.25 bits per heavy atom. The number of hydrogen-bond donors (Lipinski definition) is 3. The highest BCUT2D eigenvalue weighted by Crippen LogP contribution is 2.65. The van der Waals surface area contributed by atoms with Crippen molar-refractivity contribution >= 4 is 59.2 Å². The lowest BCUT2D eigenvalue weighted by molar-refractivity contribution is -0.127. The molecule has 3 N–H and O–H groups in total. The number of hydrogen-bond acceptors (Lipinski definition) is 8. The van der Waals surface area contributed by atoms with Crippen LogP contribution in [0.4, 0.5) is 11.4 Å². The van der Waals surface area contributed by atoms with Crippen LogP contribution in [-0.4, -0.2) is 52.5 Å². The third-order valence-electron chi connectivity index (χ3n) is 11.2. The Balaban J connectivity index is 1.35. The van der Waals surface area contributed by atoms with Gasteiger partial charge in [-0.3, -0.25) is 24.1 Å². The zero-order valence-electron chi connectivity index (χ0n) is 28.1. The van der Waals surface area contributed by atoms with Gasteiger partial charge in [0, 0.05) is 16.5 Å². The van der Waals surface area contributed by atoms with Crippen molar-refractivity contribution in [3.8, 4) is 11.5 Å². The normalized spacial score (nSPS) is 26.5. The van der Waals surface area contributed by atoms with E-state index >= 15 is 4.79 Å². The molecular formula is C40H34BClN2O8. The summed E-state index contributed by atoms with van der Waals surface area (Å²) in [5.74, 6) is -6.08. The van der Waals surface area contributed by atoms with Crippen LogP contribution in [0.1, 0.15) is 36.8 Å². The molecule has 2 heterocycles. The second-order valence-corrected chi connectivity index (χ2v) is 14.1. The number of ether oxygens (including phenoxy) is 1. The summed E-state index contributed by atoms with van der Waals surface area (Å²) in [6.07, 6.45) is 2.17. The molecule has 0 radical (unpaired) electrons. The van der Waals surface area contributed by atoms with Gasteiger partial charge in [-0.2, -0.15) is 0 Å². The van der Waals surface area contributed by atoms with Crippen LogP contribution in [0.25, 0.3) is 0 Å². The predicted molar refractivity (Wildman–Crippen MR) is 194 cm³/mol. The number of benzene rings is 4. The number of carbonyl (C=O) groups is 4. The maximum atomic E-state index is 15.4. The van der Waals surface area contributed by atoms with Crippen molar-refractivity contribution < 1.29 is 39.1 Å². The molecule has 1 saturated carbocycles. The number of halogens is 1. The third-order valence-corrected chi connectivity index (χ3v) is 11.5. The van der Waals surface area contributed by atoms with Gasteiger partial charge in [-0.05, 0) is 73.1 Å². The minimum atomic E-state index is -1.80. The van der Waals surface area contributed by atoms with Crippen LogP contribution in [0.3, 0.4) is 0 Å². The molecule has 8 rings (SSSR count). The van der Waals surface area contributed by atoms with Gasteiger partial charge < -0.3 is 19.9 Å². The van der Waals surface area contributed by atoms with Crippen molar-refractivity contribution in [2.45, 2.75) is 31.1 Å². The van der Waals surface area contributed by atoms with Crippen molar-refractivity contribution in [1.82, 2.24) is 0 Å². The molecule has 2 aliphatic heterocycles. The van der Waals surface area contributed by atoms with Gasteiger partial charge in [0.05, 0.1) is 41.2 Å². The number of imide groups is 2. The van der Waals surface area contributed by atoms with E-state index in [2.05, 4.69) is 0 Å². The van der Waals surface area contributed by atoms with E-state index in [-0.39, 0.29) is 42.1 Å². The van der Waals surface area contributed by atoms with Gasteiger partial charge in [0.25, 0.3) is 0 Å². The van der Waals surface area contributed by atoms with Gasteiger partial charge in [0.1, 0.15) is 0 Å². The summed E-state index contributed by atoms with van der Waals surface area (Å²) in [4.78, 5) is 61.2. The standard InChI is InChI=1S/C40H34BClN2O8/c1-2-52-32-16-8-15-29(35(32)45)34-27-17-18-28-33(38(48)43(36(28)46)25-13-6-11-23(19-25)41(50)51)30(27)21-31-37(47)44(26-14-7-12-24(42)20-26)39(49)40(31,34)22-9-4-3-5-10-22/h3-17,19-20,28,30-31,33-34,45,50-51H,2,18,21H2,1H3/t28-,30+,31-,33-,34+,40+/m0/s1. The number of amides is 4. The van der Waals surface area contributed by atoms with E-state index in [1.54, 1.807) is 73.7 Å². The molecular weight excluding hydrogens is 683 g/mol. The van der Waals surface area contributed by atoms with E-state index in [0.717, 1.165) is 4.90 Å². The van der Waals surface area contributed by atoms with Gasteiger partial charge in [0.2, 0.25) is 23.6 Å². The number of nitrogens with zero attached hydrogens (tertiary/aromatic N) is 2. The molecule has 0 bridgehead atoms. The van der Waals surface area contributed by atoms with Crippen LogP contribution in [0.15, 0.2) is 109 Å². The summed E-state index contributed by atoms with van der Waals surface area (Å²) < 4.78 is 5.81. The van der Waals surface area contributed by atoms with Crippen molar-refractivity contribution in [2.75, 3.05) is 16.4 Å². The summed E-state index contributed by atoms with van der Waals surface area (Å²) in [5.41, 5.74) is 0.697. The first kappa shape index (κ1) is 33.9. The van der Waals surface area contributed by atoms with Crippen molar-refractivity contribution in [1.29, 1.82) is 0 Å². The number of rotatable bonds is 7. The first-order valence-electron chi connectivity index (χ1n) is 17.3. The minimum absolute atomic E-state index is 0.0776. The van der Waals surface area contributed by atoms with E-state index in [1.165, 1.54) is 17.0 Å². The van der Waals surface area contributed by atoms with E-state index in [1.807, 2.05) is 24.3 Å². The molecule has 2 saturated heterocycles. The van der Waals surface area contributed by atoms with E-state index in [4.69, 9.17) is 16.3 Å². The van der Waals surface area contributed by atoms with Crippen LogP contribution in [0, 0.1) is 23.7 Å². The number of aromatic hydroxyl groups is 1. The number of fused-ring (bicyclic) bond motifs is 4. The van der Waals surface area contributed by atoms with Crippen molar-refractivity contribution in [2.24, 2.45) is 23.7 Å². The zero-order chi connectivity index (χ0) is 36.5. The summed E-state index contributed by atoms with van der Waals surface area (Å²) >= 11 is 6.39. The number of allylic oxidation sites excluding steroid dienone is 2. The largest absolute Gasteiger partial charge is 0.504 e. The molecule has 0 spiro atoms. The Labute approximate surface area is 305 Å². The SMILES string of the molecule is CCOc1cccc([C@H]2C3=CC[C@@H]4C(=O)N(c5cccc(B(O)O)c5)C(=O)[C@@H]4[C@@H]3C[C@H]3C(=O)N(c4cccc(Cl)c4)C(=O)[C@@]23c2ccccc2)c1O. The Kier molecular flexibility index (Phi) is 8.32. The third kappa shape index (κ3) is 4.87. The minimum Gasteiger partial charge on any atom is -0.504 e. The fraction of sp³-hybridized carbons (Fsp3) is 0.250. The Hall–Kier alpha value is -5.23. The van der Waals surface area contributed by atoms with E-state index in [9.17, 15) is 29.5 Å². The highest BCUT2D eigenvalue weighted by atomic mass is 35.5. The van der Waals surface area contributed by atoms with Gasteiger partial charge in [-0.1, -0.05) is 83.9 Å². The molecule has 4 aromatic rings. The first-order chi connectivity index (χ1) is 25.1. The highest BCUT2D eigenvalue weighted by Gasteiger charge is 2.70. The van der Waals surface area contributed by atoms with E-state index in [0.29, 0.717) is 27.4 Å². The Morgan fingerprint density at radius 1 is 0.827 bits per heavy atom. The molecule has 4 amide bonds. The molecule has 0 unspecified atom stereocenters. The smallest absolute Gasteiger partial charge is 0.488 e. The average molecular weight is 717 g/mol. The quantitative estimate of drug-likeness (QED) is 0.144. The molecule has 262 valence electrons. The Morgan fingerprint density at radius 2 is 1.54 bits per heavy atom. The molecule has 2 aliphatic carbocycles. The van der Waals surface area contributed by atoms with Crippen LogP contribution in [-0.2, 0) is 24.6 Å². The molecule has 10 nitrogen and oxygen atoms in total. The van der Waals surface area contributed by atoms with Crippen LogP contribution >= 0.6 is 11.6 Å². The maximum Gasteiger partial charge on any atom is 0.488 e. The van der Waals surface area contributed by atoms with Gasteiger partial charge in [0.15, 0.2) is 11.5 Å². The second-order valence-electron chi connectivity index (χ2n) is 13.7. The van der Waals surface area contributed by atoms with Crippen molar-refractivity contribution in [3.63, 3.8) is 0 Å².